The number of carbonyl (C=O) groups excluding carboxylic acids is 2. The molecule has 8 heteroatoms. The lowest BCUT2D eigenvalue weighted by Gasteiger charge is -2.11. The zero-order valence-electron chi connectivity index (χ0n) is 12.2. The average molecular weight is 345 g/mol. The smallest absolute Gasteiger partial charge is 0.385 e. The van der Waals surface area contributed by atoms with Crippen LogP contribution in [0.25, 0.3) is 6.08 Å². The van der Waals surface area contributed by atoms with Crippen molar-refractivity contribution in [1.82, 2.24) is 4.90 Å². The second-order valence-corrected chi connectivity index (χ2v) is 5.80. The number of halogens is 3. The van der Waals surface area contributed by atoms with Crippen molar-refractivity contribution in [2.24, 2.45) is 0 Å². The van der Waals surface area contributed by atoms with E-state index in [1.165, 1.54) is 25.3 Å². The maximum Gasteiger partial charge on any atom is 0.416 e. The maximum absolute atomic E-state index is 12.7. The van der Waals surface area contributed by atoms with Crippen LogP contribution in [0.2, 0.25) is 0 Å². The second kappa shape index (κ2) is 7.18. The normalized spacial score (nSPS) is 17.4. The lowest BCUT2D eigenvalue weighted by atomic mass is 10.1. The number of nitrogens with zero attached hydrogens (tertiary/aromatic N) is 1. The summed E-state index contributed by atoms with van der Waals surface area (Å²) in [6.45, 7) is 0.632. The van der Waals surface area contributed by atoms with Gasteiger partial charge in [0.05, 0.1) is 10.5 Å². The van der Waals surface area contributed by atoms with Gasteiger partial charge in [0.1, 0.15) is 0 Å². The molecular weight excluding hydrogens is 331 g/mol. The van der Waals surface area contributed by atoms with Crippen LogP contribution in [-0.4, -0.2) is 36.3 Å². The van der Waals surface area contributed by atoms with Crippen LogP contribution in [0.15, 0.2) is 29.2 Å². The zero-order chi connectivity index (χ0) is 17.0. The molecule has 2 amide bonds. The standard InChI is InChI=1S/C15H14F3NO3S/c1-22-7-3-6-19-13(20)12(23-14(19)21)9-10-4-2-5-11(8-10)15(16,17)18/h2,4-5,8-9H,3,6-7H2,1H3/b12-9+. The molecule has 0 aliphatic carbocycles. The first-order chi connectivity index (χ1) is 10.8. The first-order valence-corrected chi connectivity index (χ1v) is 7.56. The Balaban J connectivity index is 2.17. The van der Waals surface area contributed by atoms with Crippen molar-refractivity contribution in [3.05, 3.63) is 40.3 Å². The van der Waals surface area contributed by atoms with E-state index in [-0.39, 0.29) is 17.0 Å². The summed E-state index contributed by atoms with van der Waals surface area (Å²) in [6, 6.07) is 4.61. The number of alkyl halides is 3. The van der Waals surface area contributed by atoms with Crippen LogP contribution in [0.5, 0.6) is 0 Å². The van der Waals surface area contributed by atoms with E-state index in [9.17, 15) is 22.8 Å². The van der Waals surface area contributed by atoms with E-state index < -0.39 is 22.9 Å². The lowest BCUT2D eigenvalue weighted by Crippen LogP contribution is -2.29. The molecule has 1 aromatic carbocycles. The van der Waals surface area contributed by atoms with Crippen LogP contribution in [0, 0.1) is 0 Å². The van der Waals surface area contributed by atoms with Crippen LogP contribution >= 0.6 is 11.8 Å². The largest absolute Gasteiger partial charge is 0.416 e. The van der Waals surface area contributed by atoms with Gasteiger partial charge in [-0.15, -0.1) is 0 Å². The Morgan fingerprint density at radius 3 is 2.70 bits per heavy atom. The Labute approximate surface area is 135 Å². The van der Waals surface area contributed by atoms with Gasteiger partial charge in [-0.3, -0.25) is 14.5 Å². The highest BCUT2D eigenvalue weighted by atomic mass is 32.2. The molecular formula is C15H14F3NO3S. The SMILES string of the molecule is COCCCN1C(=O)S/C(=C/c2cccc(C(F)(F)F)c2)C1=O. The zero-order valence-corrected chi connectivity index (χ0v) is 13.0. The Hall–Kier alpha value is -1.80. The number of thioether (sulfide) groups is 1. The number of imide groups is 1. The fraction of sp³-hybridized carbons (Fsp3) is 0.333. The Kier molecular flexibility index (Phi) is 5.48. The van der Waals surface area contributed by atoms with E-state index >= 15 is 0 Å². The molecule has 4 nitrogen and oxygen atoms in total. The van der Waals surface area contributed by atoms with E-state index in [1.807, 2.05) is 0 Å². The monoisotopic (exact) mass is 345 g/mol. The summed E-state index contributed by atoms with van der Waals surface area (Å²) < 4.78 is 42.9. The summed E-state index contributed by atoms with van der Waals surface area (Å²) >= 11 is 0.724. The van der Waals surface area contributed by atoms with Gasteiger partial charge in [0.15, 0.2) is 0 Å². The molecule has 0 radical (unpaired) electrons. The molecule has 1 heterocycles. The predicted octanol–water partition coefficient (Wildman–Crippen LogP) is 3.78. The van der Waals surface area contributed by atoms with Crippen LogP contribution in [-0.2, 0) is 15.7 Å². The summed E-state index contributed by atoms with van der Waals surface area (Å²) in [5.41, 5.74) is -0.576. The van der Waals surface area contributed by atoms with Gasteiger partial charge in [-0.2, -0.15) is 13.2 Å². The minimum atomic E-state index is -4.46. The van der Waals surface area contributed by atoms with Crippen LogP contribution in [0.4, 0.5) is 18.0 Å². The second-order valence-electron chi connectivity index (χ2n) is 4.80. The summed E-state index contributed by atoms with van der Waals surface area (Å²) in [6.07, 6.45) is -2.65. The summed E-state index contributed by atoms with van der Waals surface area (Å²) in [4.78, 5) is 25.2. The molecule has 2 rings (SSSR count). The molecule has 23 heavy (non-hydrogen) atoms. The van der Waals surface area contributed by atoms with Crippen LogP contribution in [0.1, 0.15) is 17.5 Å². The quantitative estimate of drug-likeness (QED) is 0.602. The highest BCUT2D eigenvalue weighted by Crippen LogP contribution is 2.34. The summed E-state index contributed by atoms with van der Waals surface area (Å²) in [5.74, 6) is -0.492. The highest BCUT2D eigenvalue weighted by molar-refractivity contribution is 8.18. The number of hydrogen-bond donors (Lipinski definition) is 0. The molecule has 0 unspecified atom stereocenters. The highest BCUT2D eigenvalue weighted by Gasteiger charge is 2.35. The van der Waals surface area contributed by atoms with Gasteiger partial charge >= 0.3 is 6.18 Å². The molecule has 0 aromatic heterocycles. The first kappa shape index (κ1) is 17.6. The third-order valence-corrected chi connectivity index (χ3v) is 4.02. The van der Waals surface area contributed by atoms with Gasteiger partial charge in [0, 0.05) is 20.3 Å². The van der Waals surface area contributed by atoms with Crippen molar-refractivity contribution in [3.8, 4) is 0 Å². The van der Waals surface area contributed by atoms with Gasteiger partial charge in [-0.1, -0.05) is 12.1 Å². The average Bonchev–Trinajstić information content (AvgIpc) is 2.74. The number of rotatable bonds is 5. The Morgan fingerprint density at radius 2 is 2.04 bits per heavy atom. The van der Waals surface area contributed by atoms with Crippen molar-refractivity contribution in [2.45, 2.75) is 12.6 Å². The topological polar surface area (TPSA) is 46.6 Å². The lowest BCUT2D eigenvalue weighted by molar-refractivity contribution is -0.137. The summed E-state index contributed by atoms with van der Waals surface area (Å²) in [7, 11) is 1.52. The van der Waals surface area contributed by atoms with E-state index in [4.69, 9.17) is 4.74 Å². The number of amides is 2. The van der Waals surface area contributed by atoms with E-state index in [2.05, 4.69) is 0 Å². The molecule has 124 valence electrons. The fourth-order valence-electron chi connectivity index (χ4n) is 2.02. The molecule has 0 atom stereocenters. The maximum atomic E-state index is 12.7. The number of hydrogen-bond acceptors (Lipinski definition) is 4. The third kappa shape index (κ3) is 4.35. The molecule has 0 spiro atoms. The molecule has 1 aromatic rings. The molecule has 0 bridgehead atoms. The minimum Gasteiger partial charge on any atom is -0.385 e. The molecule has 0 saturated carbocycles. The third-order valence-electron chi connectivity index (χ3n) is 3.12. The van der Waals surface area contributed by atoms with E-state index in [0.29, 0.717) is 13.0 Å². The van der Waals surface area contributed by atoms with Crippen molar-refractivity contribution in [3.63, 3.8) is 0 Å². The number of benzene rings is 1. The number of ether oxygens (including phenoxy) is 1. The summed E-state index contributed by atoms with van der Waals surface area (Å²) in [5, 5.41) is -0.427. The number of methoxy groups -OCH3 is 1. The number of carbonyl (C=O) groups is 2. The van der Waals surface area contributed by atoms with E-state index in [0.717, 1.165) is 28.8 Å². The van der Waals surface area contributed by atoms with Crippen molar-refractivity contribution < 1.29 is 27.5 Å². The van der Waals surface area contributed by atoms with Crippen molar-refractivity contribution in [1.29, 1.82) is 0 Å². The van der Waals surface area contributed by atoms with Gasteiger partial charge in [0.25, 0.3) is 11.1 Å². The van der Waals surface area contributed by atoms with Gasteiger partial charge in [-0.05, 0) is 42.0 Å². The van der Waals surface area contributed by atoms with Crippen molar-refractivity contribution >= 4 is 29.0 Å². The van der Waals surface area contributed by atoms with Crippen molar-refractivity contribution in [2.75, 3.05) is 20.3 Å². The Bertz CT molecular complexity index is 643. The van der Waals surface area contributed by atoms with Gasteiger partial charge in [-0.25, -0.2) is 0 Å². The molecule has 1 fully saturated rings. The van der Waals surface area contributed by atoms with Crippen LogP contribution < -0.4 is 0 Å². The molecule has 1 aliphatic rings. The van der Waals surface area contributed by atoms with Crippen LogP contribution in [0.3, 0.4) is 0 Å². The Morgan fingerprint density at radius 1 is 1.30 bits per heavy atom. The predicted molar refractivity (Wildman–Crippen MR) is 80.6 cm³/mol. The van der Waals surface area contributed by atoms with E-state index in [1.54, 1.807) is 0 Å². The molecule has 1 aliphatic heterocycles. The fourth-order valence-corrected chi connectivity index (χ4v) is 2.88. The first-order valence-electron chi connectivity index (χ1n) is 6.74. The minimum absolute atomic E-state index is 0.117. The van der Waals surface area contributed by atoms with Gasteiger partial charge in [0.2, 0.25) is 0 Å². The van der Waals surface area contributed by atoms with Gasteiger partial charge < -0.3 is 4.74 Å². The molecule has 1 saturated heterocycles. The molecule has 0 N–H and O–H groups in total.